The highest BCUT2D eigenvalue weighted by molar-refractivity contribution is 6.02. The van der Waals surface area contributed by atoms with Crippen LogP contribution in [0.15, 0.2) is 96.8 Å². The number of carbonyl (C=O) groups is 1. The topological polar surface area (TPSA) is 47.6 Å². The third kappa shape index (κ3) is 5.62. The molecule has 0 saturated heterocycles. The summed E-state index contributed by atoms with van der Waals surface area (Å²) in [4.78, 5) is 12.9. The smallest absolute Gasteiger partial charge is 0.290 e. The molecule has 0 fully saturated rings. The van der Waals surface area contributed by atoms with Gasteiger partial charge in [-0.15, -0.1) is 0 Å². The van der Waals surface area contributed by atoms with Gasteiger partial charge in [0.15, 0.2) is 5.76 Å². The molecule has 31 heavy (non-hydrogen) atoms. The van der Waals surface area contributed by atoms with Crippen molar-refractivity contribution in [2.24, 2.45) is 0 Å². The van der Waals surface area contributed by atoms with E-state index in [1.807, 2.05) is 54.6 Å². The van der Waals surface area contributed by atoms with Gasteiger partial charge >= 0.3 is 0 Å². The Morgan fingerprint density at radius 1 is 0.935 bits per heavy atom. The van der Waals surface area contributed by atoms with E-state index in [2.05, 4.69) is 48.6 Å². The van der Waals surface area contributed by atoms with Crippen molar-refractivity contribution in [1.29, 1.82) is 0 Å². The van der Waals surface area contributed by atoms with Crippen molar-refractivity contribution in [3.05, 3.63) is 113 Å². The second-order valence-corrected chi connectivity index (χ2v) is 7.63. The van der Waals surface area contributed by atoms with Gasteiger partial charge in [-0.25, -0.2) is 0 Å². The van der Waals surface area contributed by atoms with E-state index in [0.29, 0.717) is 13.0 Å². The molecule has 4 heteroatoms. The highest BCUT2D eigenvalue weighted by atomic mass is 16.7. The molecule has 0 saturated carbocycles. The molecule has 0 bridgehead atoms. The molecule has 0 spiro atoms. The third-order valence-electron chi connectivity index (χ3n) is 5.41. The number of amides is 1. The number of para-hydroxylation sites is 1. The average Bonchev–Trinajstić information content (AvgIpc) is 2.84. The summed E-state index contributed by atoms with van der Waals surface area (Å²) in [5.74, 6) is 0.0574. The van der Waals surface area contributed by atoms with Gasteiger partial charge in [0.25, 0.3) is 5.91 Å². The molecule has 0 radical (unpaired) electrons. The largest absolute Gasteiger partial charge is 0.459 e. The summed E-state index contributed by atoms with van der Waals surface area (Å²) in [5, 5.41) is 2.90. The van der Waals surface area contributed by atoms with Gasteiger partial charge in [-0.05, 0) is 41.3 Å². The molecule has 3 aromatic carbocycles. The molecule has 1 N–H and O–H groups in total. The minimum absolute atomic E-state index is 0.0407. The molecule has 4 rings (SSSR count). The Kier molecular flexibility index (Phi) is 6.80. The van der Waals surface area contributed by atoms with E-state index in [0.717, 1.165) is 23.2 Å². The summed E-state index contributed by atoms with van der Waals surface area (Å²) in [6.45, 7) is 2.57. The molecule has 4 nitrogen and oxygen atoms in total. The van der Waals surface area contributed by atoms with Gasteiger partial charge in [0.05, 0.1) is 6.61 Å². The fourth-order valence-electron chi connectivity index (χ4n) is 3.63. The number of hydrogen-bond donors (Lipinski definition) is 1. The van der Waals surface area contributed by atoms with Crippen LogP contribution in [-0.2, 0) is 27.3 Å². The van der Waals surface area contributed by atoms with Crippen molar-refractivity contribution >= 4 is 11.6 Å². The van der Waals surface area contributed by atoms with Crippen LogP contribution in [0.3, 0.4) is 0 Å². The number of nitrogens with one attached hydrogen (secondary N) is 1. The molecule has 0 aliphatic carbocycles. The van der Waals surface area contributed by atoms with E-state index in [1.54, 1.807) is 0 Å². The molecule has 1 amide bonds. The normalized spacial score (nSPS) is 18.0. The van der Waals surface area contributed by atoms with Crippen LogP contribution in [0.4, 0.5) is 5.69 Å². The molecule has 0 aromatic heterocycles. The Morgan fingerprint density at radius 3 is 2.26 bits per heavy atom. The SMILES string of the molecule is CCc1ccc(CO[C@H]2C[C@@H](c3ccccc3)C=C(C(=O)Nc3ccccc3)O2)cc1. The minimum Gasteiger partial charge on any atom is -0.459 e. The zero-order valence-electron chi connectivity index (χ0n) is 17.7. The Morgan fingerprint density at radius 2 is 1.58 bits per heavy atom. The molecular formula is C27H27NO3. The lowest BCUT2D eigenvalue weighted by Gasteiger charge is -2.29. The Bertz CT molecular complexity index is 1010. The van der Waals surface area contributed by atoms with Gasteiger partial charge in [0, 0.05) is 18.0 Å². The van der Waals surface area contributed by atoms with Crippen LogP contribution in [0.25, 0.3) is 0 Å². The standard InChI is InChI=1S/C27H27NO3/c1-2-20-13-15-21(16-14-20)19-30-26-18-23(22-9-5-3-6-10-22)17-25(31-26)27(29)28-24-11-7-4-8-12-24/h3-17,23,26H,2,18-19H2,1H3,(H,28,29)/t23-,26+/m0/s1. The van der Waals surface area contributed by atoms with Gasteiger partial charge in [-0.3, -0.25) is 4.79 Å². The maximum Gasteiger partial charge on any atom is 0.290 e. The number of aryl methyl sites for hydroxylation is 1. The fraction of sp³-hybridized carbons (Fsp3) is 0.222. The maximum atomic E-state index is 12.9. The van der Waals surface area contributed by atoms with E-state index in [1.165, 1.54) is 5.56 Å². The van der Waals surface area contributed by atoms with Crippen molar-refractivity contribution in [2.45, 2.75) is 38.6 Å². The van der Waals surface area contributed by atoms with Crippen molar-refractivity contribution in [3.8, 4) is 0 Å². The van der Waals surface area contributed by atoms with Crippen LogP contribution in [0.1, 0.15) is 36.0 Å². The first-order valence-corrected chi connectivity index (χ1v) is 10.7. The Balaban J connectivity index is 1.49. The highest BCUT2D eigenvalue weighted by Gasteiger charge is 2.28. The maximum absolute atomic E-state index is 12.9. The molecule has 1 heterocycles. The van der Waals surface area contributed by atoms with Gasteiger partial charge in [-0.2, -0.15) is 0 Å². The van der Waals surface area contributed by atoms with Crippen molar-refractivity contribution < 1.29 is 14.3 Å². The second kappa shape index (κ2) is 10.1. The highest BCUT2D eigenvalue weighted by Crippen LogP contribution is 2.32. The van der Waals surface area contributed by atoms with Crippen molar-refractivity contribution in [1.82, 2.24) is 0 Å². The monoisotopic (exact) mass is 413 g/mol. The van der Waals surface area contributed by atoms with Gasteiger partial charge in [0.1, 0.15) is 0 Å². The summed E-state index contributed by atoms with van der Waals surface area (Å²) in [6.07, 6.45) is 3.05. The minimum atomic E-state index is -0.502. The summed E-state index contributed by atoms with van der Waals surface area (Å²) in [5.41, 5.74) is 4.25. The molecule has 1 aliphatic heterocycles. The van der Waals surface area contributed by atoms with Crippen molar-refractivity contribution in [3.63, 3.8) is 0 Å². The number of anilines is 1. The molecule has 2 atom stereocenters. The van der Waals surface area contributed by atoms with Gasteiger partial charge < -0.3 is 14.8 Å². The van der Waals surface area contributed by atoms with Gasteiger partial charge in [-0.1, -0.05) is 79.7 Å². The first-order valence-electron chi connectivity index (χ1n) is 10.7. The van der Waals surface area contributed by atoms with E-state index in [4.69, 9.17) is 9.47 Å². The van der Waals surface area contributed by atoms with Gasteiger partial charge in [0.2, 0.25) is 6.29 Å². The first kappa shape index (κ1) is 20.9. The summed E-state index contributed by atoms with van der Waals surface area (Å²) >= 11 is 0. The summed E-state index contributed by atoms with van der Waals surface area (Å²) < 4.78 is 12.0. The molecular weight excluding hydrogens is 386 g/mol. The fourth-order valence-corrected chi connectivity index (χ4v) is 3.63. The average molecular weight is 414 g/mol. The molecule has 0 unspecified atom stereocenters. The zero-order chi connectivity index (χ0) is 21.5. The molecule has 1 aliphatic rings. The first-order chi connectivity index (χ1) is 15.2. The van der Waals surface area contributed by atoms with E-state index < -0.39 is 6.29 Å². The molecule has 158 valence electrons. The predicted octanol–water partition coefficient (Wildman–Crippen LogP) is 5.82. The Hall–Kier alpha value is -3.37. The quantitative estimate of drug-likeness (QED) is 0.531. The third-order valence-corrected chi connectivity index (χ3v) is 5.41. The number of benzene rings is 3. The predicted molar refractivity (Wildman–Crippen MR) is 122 cm³/mol. The number of allylic oxidation sites excluding steroid dienone is 1. The lowest BCUT2D eigenvalue weighted by Crippen LogP contribution is -2.29. The van der Waals surface area contributed by atoms with E-state index >= 15 is 0 Å². The summed E-state index contributed by atoms with van der Waals surface area (Å²) in [6, 6.07) is 27.9. The van der Waals surface area contributed by atoms with Crippen LogP contribution >= 0.6 is 0 Å². The number of ether oxygens (including phenoxy) is 2. The summed E-state index contributed by atoms with van der Waals surface area (Å²) in [7, 11) is 0. The van der Waals surface area contributed by atoms with Crippen LogP contribution in [0.2, 0.25) is 0 Å². The van der Waals surface area contributed by atoms with E-state index in [9.17, 15) is 4.79 Å². The Labute approximate surface area is 183 Å². The van der Waals surface area contributed by atoms with Crippen molar-refractivity contribution in [2.75, 3.05) is 5.32 Å². The van der Waals surface area contributed by atoms with E-state index in [-0.39, 0.29) is 17.6 Å². The number of rotatable bonds is 7. The second-order valence-electron chi connectivity index (χ2n) is 7.63. The van der Waals surface area contributed by atoms with Crippen LogP contribution in [-0.4, -0.2) is 12.2 Å². The lowest BCUT2D eigenvalue weighted by atomic mass is 9.93. The van der Waals surface area contributed by atoms with Crippen LogP contribution in [0.5, 0.6) is 0 Å². The zero-order valence-corrected chi connectivity index (χ0v) is 17.7. The molecule has 3 aromatic rings. The van der Waals surface area contributed by atoms with Crippen LogP contribution in [0, 0.1) is 0 Å². The number of carbonyl (C=O) groups excluding carboxylic acids is 1. The number of hydrogen-bond acceptors (Lipinski definition) is 3. The van der Waals surface area contributed by atoms with Crippen LogP contribution < -0.4 is 5.32 Å². The lowest BCUT2D eigenvalue weighted by molar-refractivity contribution is -0.147.